The number of rotatable bonds is 5. The van der Waals surface area contributed by atoms with Gasteiger partial charge in [0.25, 0.3) is 6.10 Å². The van der Waals surface area contributed by atoms with E-state index in [1.165, 1.54) is 12.1 Å². The van der Waals surface area contributed by atoms with Gasteiger partial charge < -0.3 is 9.29 Å². The van der Waals surface area contributed by atoms with Crippen molar-refractivity contribution in [2.24, 2.45) is 0 Å². The SMILES string of the molecule is O=S(=O)([O-])C(F)(F)C(Oc1ccc(-c2ccccc2)cc1)C(F)(F)F. The van der Waals surface area contributed by atoms with Gasteiger partial charge in [-0.25, -0.2) is 8.42 Å². The van der Waals surface area contributed by atoms with Crippen molar-refractivity contribution < 1.29 is 39.7 Å². The summed E-state index contributed by atoms with van der Waals surface area (Å²) in [6.45, 7) is 0. The Bertz CT molecular complexity index is 817. The summed E-state index contributed by atoms with van der Waals surface area (Å²) in [7, 11) is -6.58. The molecular formula is C15H10F5O4S-. The zero-order chi connectivity index (χ0) is 18.9. The molecule has 136 valence electrons. The monoisotopic (exact) mass is 381 g/mol. The highest BCUT2D eigenvalue weighted by atomic mass is 32.2. The summed E-state index contributed by atoms with van der Waals surface area (Å²) in [5.41, 5.74) is 1.29. The van der Waals surface area contributed by atoms with Crippen molar-refractivity contribution in [2.45, 2.75) is 17.5 Å². The molecule has 0 spiro atoms. The first-order valence-electron chi connectivity index (χ1n) is 6.65. The van der Waals surface area contributed by atoms with Crippen LogP contribution < -0.4 is 4.74 Å². The predicted molar refractivity (Wildman–Crippen MR) is 77.0 cm³/mol. The average molecular weight is 381 g/mol. The van der Waals surface area contributed by atoms with Crippen molar-refractivity contribution in [3.8, 4) is 16.9 Å². The molecule has 1 unspecified atom stereocenters. The lowest BCUT2D eigenvalue weighted by Gasteiger charge is -2.30. The average Bonchev–Trinajstić information content (AvgIpc) is 2.51. The van der Waals surface area contributed by atoms with Crippen LogP contribution in [0.15, 0.2) is 54.6 Å². The molecule has 1 atom stereocenters. The third-order valence-electron chi connectivity index (χ3n) is 3.15. The van der Waals surface area contributed by atoms with Crippen LogP contribution in [0, 0.1) is 0 Å². The molecule has 25 heavy (non-hydrogen) atoms. The zero-order valence-electron chi connectivity index (χ0n) is 12.2. The summed E-state index contributed by atoms with van der Waals surface area (Å²) in [6.07, 6.45) is -9.90. The van der Waals surface area contributed by atoms with Gasteiger partial charge in [0.05, 0.1) is 0 Å². The molecule has 0 amide bonds. The summed E-state index contributed by atoms with van der Waals surface area (Å²) >= 11 is 0. The van der Waals surface area contributed by atoms with Crippen LogP contribution in [0.4, 0.5) is 22.0 Å². The van der Waals surface area contributed by atoms with Crippen LogP contribution in [-0.4, -0.2) is 30.5 Å². The summed E-state index contributed by atoms with van der Waals surface area (Å²) in [6, 6.07) is 13.2. The minimum absolute atomic E-state index is 0.569. The van der Waals surface area contributed by atoms with Gasteiger partial charge >= 0.3 is 11.4 Å². The van der Waals surface area contributed by atoms with E-state index in [1.807, 2.05) is 0 Å². The fraction of sp³-hybridized carbons (Fsp3) is 0.200. The molecule has 0 aliphatic rings. The molecule has 0 radical (unpaired) electrons. The smallest absolute Gasteiger partial charge is 0.432 e. The molecule has 0 N–H and O–H groups in total. The van der Waals surface area contributed by atoms with E-state index in [-0.39, 0.29) is 0 Å². The lowest BCUT2D eigenvalue weighted by atomic mass is 10.1. The van der Waals surface area contributed by atoms with Crippen LogP contribution in [0.5, 0.6) is 5.75 Å². The molecule has 0 saturated carbocycles. The normalized spacial score (nSPS) is 14.2. The highest BCUT2D eigenvalue weighted by Gasteiger charge is 2.62. The summed E-state index contributed by atoms with van der Waals surface area (Å²) in [5, 5.41) is -5.68. The van der Waals surface area contributed by atoms with E-state index in [0.717, 1.165) is 12.1 Å². The van der Waals surface area contributed by atoms with E-state index in [0.29, 0.717) is 11.1 Å². The summed E-state index contributed by atoms with van der Waals surface area (Å²) in [5.74, 6) is -0.662. The van der Waals surface area contributed by atoms with Gasteiger partial charge in [0, 0.05) is 0 Å². The van der Waals surface area contributed by atoms with Gasteiger partial charge in [-0.3, -0.25) is 0 Å². The molecule has 2 rings (SSSR count). The second-order valence-electron chi connectivity index (χ2n) is 4.95. The van der Waals surface area contributed by atoms with E-state index in [2.05, 4.69) is 4.74 Å². The third-order valence-corrected chi connectivity index (χ3v) is 4.03. The number of hydrogen-bond donors (Lipinski definition) is 0. The van der Waals surface area contributed by atoms with E-state index < -0.39 is 33.4 Å². The quantitative estimate of drug-likeness (QED) is 0.584. The Morgan fingerprint density at radius 3 is 1.76 bits per heavy atom. The molecule has 2 aromatic carbocycles. The van der Waals surface area contributed by atoms with Crippen molar-refractivity contribution in [1.82, 2.24) is 0 Å². The molecule has 0 bridgehead atoms. The van der Waals surface area contributed by atoms with Gasteiger partial charge in [-0.2, -0.15) is 22.0 Å². The zero-order valence-corrected chi connectivity index (χ0v) is 13.0. The first-order valence-corrected chi connectivity index (χ1v) is 8.06. The van der Waals surface area contributed by atoms with Crippen LogP contribution >= 0.6 is 0 Å². The fourth-order valence-electron chi connectivity index (χ4n) is 1.95. The van der Waals surface area contributed by atoms with Crippen molar-refractivity contribution in [3.63, 3.8) is 0 Å². The molecule has 0 aliphatic carbocycles. The molecule has 0 aromatic heterocycles. The van der Waals surface area contributed by atoms with Crippen LogP contribution in [-0.2, 0) is 10.1 Å². The minimum atomic E-state index is -6.58. The highest BCUT2D eigenvalue weighted by Crippen LogP contribution is 2.38. The highest BCUT2D eigenvalue weighted by molar-refractivity contribution is 7.86. The molecule has 10 heteroatoms. The van der Waals surface area contributed by atoms with Gasteiger partial charge in [-0.15, -0.1) is 0 Å². The second-order valence-corrected chi connectivity index (χ2v) is 6.40. The maximum Gasteiger partial charge on any atom is 0.432 e. The number of halogens is 5. The maximum absolute atomic E-state index is 13.4. The van der Waals surface area contributed by atoms with E-state index in [1.54, 1.807) is 30.3 Å². The largest absolute Gasteiger partial charge is 0.743 e. The van der Waals surface area contributed by atoms with E-state index in [4.69, 9.17) is 0 Å². The Labute approximate surface area is 139 Å². The number of alkyl halides is 5. The van der Waals surface area contributed by atoms with Crippen LogP contribution in [0.1, 0.15) is 0 Å². The molecular weight excluding hydrogens is 371 g/mol. The number of benzene rings is 2. The molecule has 0 fully saturated rings. The van der Waals surface area contributed by atoms with Gasteiger partial charge in [0.15, 0.2) is 10.1 Å². The fourth-order valence-corrected chi connectivity index (χ4v) is 2.39. The Morgan fingerprint density at radius 1 is 0.840 bits per heavy atom. The number of ether oxygens (including phenoxy) is 1. The van der Waals surface area contributed by atoms with Crippen molar-refractivity contribution in [3.05, 3.63) is 54.6 Å². The van der Waals surface area contributed by atoms with Crippen molar-refractivity contribution in [2.75, 3.05) is 0 Å². The van der Waals surface area contributed by atoms with Gasteiger partial charge in [-0.1, -0.05) is 42.5 Å². The Morgan fingerprint density at radius 2 is 1.32 bits per heavy atom. The lowest BCUT2D eigenvalue weighted by Crippen LogP contribution is -2.53. The lowest BCUT2D eigenvalue weighted by molar-refractivity contribution is -0.239. The minimum Gasteiger partial charge on any atom is -0.743 e. The molecule has 0 aliphatic heterocycles. The van der Waals surface area contributed by atoms with Gasteiger partial charge in [0.2, 0.25) is 0 Å². The first-order chi connectivity index (χ1) is 11.4. The maximum atomic E-state index is 13.4. The number of hydrogen-bond acceptors (Lipinski definition) is 4. The molecule has 4 nitrogen and oxygen atoms in total. The predicted octanol–water partition coefficient (Wildman–Crippen LogP) is 3.80. The van der Waals surface area contributed by atoms with Crippen LogP contribution in [0.2, 0.25) is 0 Å². The first kappa shape index (κ1) is 19.1. The summed E-state index contributed by atoms with van der Waals surface area (Å²) < 4.78 is 101. The van der Waals surface area contributed by atoms with Gasteiger partial charge in [0.1, 0.15) is 5.75 Å². The van der Waals surface area contributed by atoms with Crippen LogP contribution in [0.25, 0.3) is 11.1 Å². The Hall–Kier alpha value is -2.20. The third kappa shape index (κ3) is 4.26. The van der Waals surface area contributed by atoms with E-state index >= 15 is 0 Å². The Balaban J connectivity index is 2.31. The topological polar surface area (TPSA) is 66.4 Å². The Kier molecular flexibility index (Phi) is 5.05. The molecule has 2 aromatic rings. The standard InChI is InChI=1S/C15H11F5O4S/c16-14(17,18)13(15(19,20)25(21,22)23)24-12-8-6-11(7-9-12)10-4-2-1-3-5-10/h1-9,13H,(H,21,22,23)/p-1. The van der Waals surface area contributed by atoms with Crippen LogP contribution in [0.3, 0.4) is 0 Å². The second kappa shape index (κ2) is 6.60. The van der Waals surface area contributed by atoms with Crippen molar-refractivity contribution in [1.29, 1.82) is 0 Å². The molecule has 0 saturated heterocycles. The van der Waals surface area contributed by atoms with Gasteiger partial charge in [-0.05, 0) is 23.3 Å². The van der Waals surface area contributed by atoms with Crippen molar-refractivity contribution >= 4 is 10.1 Å². The summed E-state index contributed by atoms with van der Waals surface area (Å²) in [4.78, 5) is 0. The van der Waals surface area contributed by atoms with E-state index in [9.17, 15) is 34.9 Å². The molecule has 0 heterocycles.